The molecule has 1 fully saturated rings. The van der Waals surface area contributed by atoms with Gasteiger partial charge in [0, 0.05) is 35.4 Å². The van der Waals surface area contributed by atoms with E-state index < -0.39 is 9.84 Å². The molecular weight excluding hydrogens is 408 g/mol. The van der Waals surface area contributed by atoms with Crippen LogP contribution in [0.1, 0.15) is 50.3 Å². The lowest BCUT2D eigenvalue weighted by atomic mass is 10.0. The second kappa shape index (κ2) is 9.56. The summed E-state index contributed by atoms with van der Waals surface area (Å²) in [5.74, 6) is 1.41. The zero-order valence-corrected chi connectivity index (χ0v) is 18.6. The monoisotopic (exact) mass is 436 g/mol. The van der Waals surface area contributed by atoms with Crippen molar-refractivity contribution in [2.24, 2.45) is 0 Å². The number of aryl methyl sites for hydroxylation is 1. The number of sulfone groups is 1. The number of rotatable bonds is 7. The molecule has 1 N–H and O–H groups in total. The van der Waals surface area contributed by atoms with Gasteiger partial charge in [0.2, 0.25) is 0 Å². The Kier molecular flexibility index (Phi) is 6.61. The van der Waals surface area contributed by atoms with Gasteiger partial charge in [-0.05, 0) is 49.1 Å². The van der Waals surface area contributed by atoms with E-state index in [0.717, 1.165) is 61.0 Å². The van der Waals surface area contributed by atoms with Gasteiger partial charge in [0.1, 0.15) is 5.82 Å². The van der Waals surface area contributed by atoms with Crippen LogP contribution in [0.25, 0.3) is 11.4 Å². The molecular formula is C24H28N4O2S. The molecule has 31 heavy (non-hydrogen) atoms. The average molecular weight is 437 g/mol. The minimum absolute atomic E-state index is 0.0828. The van der Waals surface area contributed by atoms with Crippen molar-refractivity contribution in [1.82, 2.24) is 15.0 Å². The first-order chi connectivity index (χ1) is 15.0. The first-order valence-corrected chi connectivity index (χ1v) is 12.6. The van der Waals surface area contributed by atoms with Crippen molar-refractivity contribution >= 4 is 21.3 Å². The van der Waals surface area contributed by atoms with Gasteiger partial charge in [-0.15, -0.1) is 0 Å². The topological polar surface area (TPSA) is 84.8 Å². The molecule has 0 saturated heterocycles. The van der Waals surface area contributed by atoms with Crippen molar-refractivity contribution in [2.75, 3.05) is 5.32 Å². The van der Waals surface area contributed by atoms with Crippen LogP contribution >= 0.6 is 0 Å². The highest BCUT2D eigenvalue weighted by molar-refractivity contribution is 7.91. The molecule has 2 aromatic heterocycles. The van der Waals surface area contributed by atoms with E-state index in [1.807, 2.05) is 42.5 Å². The van der Waals surface area contributed by atoms with E-state index in [1.165, 1.54) is 0 Å². The number of anilines is 2. The van der Waals surface area contributed by atoms with Crippen molar-refractivity contribution in [3.63, 3.8) is 0 Å². The normalized spacial score (nSPS) is 15.0. The van der Waals surface area contributed by atoms with Crippen molar-refractivity contribution in [3.8, 4) is 11.4 Å². The summed E-state index contributed by atoms with van der Waals surface area (Å²) < 4.78 is 25.7. The summed E-state index contributed by atoms with van der Waals surface area (Å²) in [6, 6.07) is 13.3. The second-order valence-electron chi connectivity index (χ2n) is 8.05. The third kappa shape index (κ3) is 5.47. The maximum absolute atomic E-state index is 12.9. The molecule has 0 radical (unpaired) electrons. The summed E-state index contributed by atoms with van der Waals surface area (Å²) in [4.78, 5) is 13.3. The van der Waals surface area contributed by atoms with E-state index in [-0.39, 0.29) is 11.0 Å². The molecule has 4 rings (SSSR count). The quantitative estimate of drug-likeness (QED) is 0.555. The Morgan fingerprint density at radius 3 is 2.52 bits per heavy atom. The number of pyridine rings is 1. The lowest BCUT2D eigenvalue weighted by molar-refractivity contribution is 0.483. The smallest absolute Gasteiger partial charge is 0.161 e. The number of nitrogens with one attached hydrogen (secondary N) is 1. The van der Waals surface area contributed by atoms with E-state index in [2.05, 4.69) is 27.2 Å². The molecule has 0 bridgehead atoms. The Morgan fingerprint density at radius 1 is 1.00 bits per heavy atom. The Balaban J connectivity index is 1.55. The van der Waals surface area contributed by atoms with Gasteiger partial charge in [-0.25, -0.2) is 18.4 Å². The van der Waals surface area contributed by atoms with Crippen LogP contribution in [0.4, 0.5) is 11.5 Å². The van der Waals surface area contributed by atoms with E-state index >= 15 is 0 Å². The Bertz CT molecular complexity index is 1130. The van der Waals surface area contributed by atoms with Crippen LogP contribution in [0.3, 0.4) is 0 Å². The van der Waals surface area contributed by atoms with E-state index in [1.54, 1.807) is 12.4 Å². The van der Waals surface area contributed by atoms with Crippen molar-refractivity contribution in [1.29, 1.82) is 0 Å². The number of aromatic nitrogens is 3. The Hall–Kier alpha value is -2.80. The molecule has 1 saturated carbocycles. The zero-order valence-electron chi connectivity index (χ0n) is 17.8. The van der Waals surface area contributed by atoms with Gasteiger partial charge in [0.05, 0.1) is 11.0 Å². The molecule has 162 valence electrons. The van der Waals surface area contributed by atoms with Crippen molar-refractivity contribution in [3.05, 3.63) is 66.1 Å². The molecule has 6 nitrogen and oxygen atoms in total. The molecule has 1 aliphatic carbocycles. The van der Waals surface area contributed by atoms with Gasteiger partial charge in [0.25, 0.3) is 0 Å². The third-order valence-electron chi connectivity index (χ3n) is 5.71. The summed E-state index contributed by atoms with van der Waals surface area (Å²) in [5.41, 5.74) is 3.45. The van der Waals surface area contributed by atoms with Crippen LogP contribution in [0.15, 0.2) is 54.9 Å². The van der Waals surface area contributed by atoms with Crippen LogP contribution < -0.4 is 5.32 Å². The summed E-state index contributed by atoms with van der Waals surface area (Å²) >= 11 is 0. The summed E-state index contributed by atoms with van der Waals surface area (Å²) in [6.45, 7) is 2.05. The minimum Gasteiger partial charge on any atom is -0.340 e. The second-order valence-corrected chi connectivity index (χ2v) is 10.3. The summed E-state index contributed by atoms with van der Waals surface area (Å²) in [7, 11) is -3.14. The Labute approximate surface area is 184 Å². The van der Waals surface area contributed by atoms with Gasteiger partial charge < -0.3 is 5.32 Å². The molecule has 1 aromatic carbocycles. The highest BCUT2D eigenvalue weighted by Gasteiger charge is 2.27. The van der Waals surface area contributed by atoms with E-state index in [9.17, 15) is 8.42 Å². The molecule has 0 unspecified atom stereocenters. The Morgan fingerprint density at radius 2 is 1.77 bits per heavy atom. The minimum atomic E-state index is -3.14. The largest absolute Gasteiger partial charge is 0.340 e. The molecule has 2 heterocycles. The molecule has 7 heteroatoms. The van der Waals surface area contributed by atoms with E-state index in [0.29, 0.717) is 11.6 Å². The standard InChI is InChI=1S/C24H28N4O2S/c1-2-20-16-23(28-24(27-20)19-11-13-25-14-12-19)26-21-8-6-7-18(15-21)17-31(29,30)22-9-4-3-5-10-22/h6-8,11-16,22H,2-5,9-10,17H2,1H3,(H,26,27,28). The number of nitrogens with zero attached hydrogens (tertiary/aromatic N) is 3. The molecule has 0 amide bonds. The van der Waals surface area contributed by atoms with Gasteiger partial charge in [0.15, 0.2) is 15.7 Å². The molecule has 1 aliphatic rings. The van der Waals surface area contributed by atoms with E-state index in [4.69, 9.17) is 0 Å². The molecule has 3 aromatic rings. The van der Waals surface area contributed by atoms with Gasteiger partial charge in [-0.3, -0.25) is 4.98 Å². The average Bonchev–Trinajstić information content (AvgIpc) is 2.80. The fourth-order valence-corrected chi connectivity index (χ4v) is 5.97. The van der Waals surface area contributed by atoms with Crippen LogP contribution in [-0.2, 0) is 22.0 Å². The van der Waals surface area contributed by atoms with Crippen LogP contribution in [0.5, 0.6) is 0 Å². The first kappa shape index (κ1) is 21.4. The maximum Gasteiger partial charge on any atom is 0.161 e. The van der Waals surface area contributed by atoms with Gasteiger partial charge >= 0.3 is 0 Å². The lowest BCUT2D eigenvalue weighted by Gasteiger charge is -2.21. The number of benzene rings is 1. The maximum atomic E-state index is 12.9. The van der Waals surface area contributed by atoms with Crippen molar-refractivity contribution in [2.45, 2.75) is 56.5 Å². The van der Waals surface area contributed by atoms with Crippen LogP contribution in [0.2, 0.25) is 0 Å². The number of hydrogen-bond acceptors (Lipinski definition) is 6. The van der Waals surface area contributed by atoms with Crippen molar-refractivity contribution < 1.29 is 8.42 Å². The number of hydrogen-bond donors (Lipinski definition) is 1. The van der Waals surface area contributed by atoms with Crippen LogP contribution in [0, 0.1) is 0 Å². The van der Waals surface area contributed by atoms with Gasteiger partial charge in [-0.1, -0.05) is 38.3 Å². The van der Waals surface area contributed by atoms with Gasteiger partial charge in [-0.2, -0.15) is 0 Å². The highest BCUT2D eigenvalue weighted by Crippen LogP contribution is 2.27. The fraction of sp³-hybridized carbons (Fsp3) is 0.375. The summed E-state index contributed by atoms with van der Waals surface area (Å²) in [6.07, 6.45) is 8.98. The molecule has 0 aliphatic heterocycles. The lowest BCUT2D eigenvalue weighted by Crippen LogP contribution is -2.25. The molecule has 0 spiro atoms. The van der Waals surface area contributed by atoms with Crippen LogP contribution in [-0.4, -0.2) is 28.6 Å². The summed E-state index contributed by atoms with van der Waals surface area (Å²) in [5, 5.41) is 3.13. The molecule has 0 atom stereocenters. The predicted molar refractivity (Wildman–Crippen MR) is 124 cm³/mol. The first-order valence-electron chi connectivity index (χ1n) is 10.9. The fourth-order valence-electron chi connectivity index (χ4n) is 4.03. The third-order valence-corrected chi connectivity index (χ3v) is 7.93. The zero-order chi connectivity index (χ0) is 21.7. The highest BCUT2D eigenvalue weighted by atomic mass is 32.2. The SMILES string of the molecule is CCc1cc(Nc2cccc(CS(=O)(=O)C3CCCCC3)c2)nc(-c2ccncc2)n1. The predicted octanol–water partition coefficient (Wildman–Crippen LogP) is 5.09.